The molecule has 0 saturated heterocycles. The number of fused-ring (bicyclic) bond motifs is 5. The van der Waals surface area contributed by atoms with E-state index < -0.39 is 0 Å². The van der Waals surface area contributed by atoms with Gasteiger partial charge in [-0.2, -0.15) is 0 Å². The Morgan fingerprint density at radius 3 is 2.50 bits per heavy atom. The quantitative estimate of drug-likeness (QED) is 0.450. The number of benzene rings is 2. The normalized spacial score (nSPS) is 13.8. The van der Waals surface area contributed by atoms with Crippen LogP contribution in [0.5, 0.6) is 0 Å². The van der Waals surface area contributed by atoms with E-state index in [0.29, 0.717) is 29.6 Å². The Hall–Kier alpha value is -2.99. The maximum atomic E-state index is 15.9. The number of aryl methyl sites for hydroxylation is 1. The van der Waals surface area contributed by atoms with Crippen molar-refractivity contribution in [3.63, 3.8) is 0 Å². The number of hydrogen-bond acceptors (Lipinski definition) is 4. The highest BCUT2D eigenvalue weighted by molar-refractivity contribution is 6.16. The Morgan fingerprint density at radius 1 is 1.07 bits per heavy atom. The van der Waals surface area contributed by atoms with E-state index in [2.05, 4.69) is 28.3 Å². The Morgan fingerprint density at radius 2 is 1.80 bits per heavy atom. The van der Waals surface area contributed by atoms with Crippen LogP contribution in [0.3, 0.4) is 0 Å². The van der Waals surface area contributed by atoms with Gasteiger partial charge in [-0.05, 0) is 49.3 Å². The summed E-state index contributed by atoms with van der Waals surface area (Å²) in [6, 6.07) is 7.61. The van der Waals surface area contributed by atoms with Crippen LogP contribution in [0.1, 0.15) is 36.2 Å². The molecule has 6 heteroatoms. The van der Waals surface area contributed by atoms with Crippen molar-refractivity contribution < 1.29 is 13.6 Å². The van der Waals surface area contributed by atoms with Crippen LogP contribution < -0.4 is 0 Å². The maximum Gasteiger partial charge on any atom is 0.181 e. The summed E-state index contributed by atoms with van der Waals surface area (Å²) in [5.41, 5.74) is 3.93. The number of likely N-dealkylation sites (N-methyl/N-ethyl adjacent to an activating group) is 1. The lowest BCUT2D eigenvalue weighted by Crippen LogP contribution is -2.26. The standard InChI is InChI=1S/C24H24FN3O2/c1-3-27(4-2)11-12-28-18-8-5-15-16(7-10-20(15)29)22(18)23-19(28)9-6-17(24(23)25)21-13-26-14-30-21/h5-6,8-9,13-14H,3-4,7,10-12H2,1-2H3. The van der Waals surface area contributed by atoms with Gasteiger partial charge in [-0.3, -0.25) is 4.79 Å². The third-order valence-electron chi connectivity index (χ3n) is 6.38. The van der Waals surface area contributed by atoms with Crippen LogP contribution >= 0.6 is 0 Å². The fraction of sp³-hybridized carbons (Fsp3) is 0.333. The van der Waals surface area contributed by atoms with Gasteiger partial charge in [0.15, 0.2) is 17.9 Å². The number of carbonyl (C=O) groups is 1. The number of Topliss-reactive ketones (excluding diaryl/α,β-unsaturated/α-hetero) is 1. The van der Waals surface area contributed by atoms with Gasteiger partial charge >= 0.3 is 0 Å². The number of hydrogen-bond donors (Lipinski definition) is 0. The van der Waals surface area contributed by atoms with Crippen molar-refractivity contribution >= 4 is 27.6 Å². The van der Waals surface area contributed by atoms with Crippen molar-refractivity contribution in [3.05, 3.63) is 53.8 Å². The van der Waals surface area contributed by atoms with E-state index >= 15 is 4.39 Å². The largest absolute Gasteiger partial charge is 0.443 e. The summed E-state index contributed by atoms with van der Waals surface area (Å²) >= 11 is 0. The molecule has 2 aromatic heterocycles. The van der Waals surface area contributed by atoms with Gasteiger partial charge in [0.1, 0.15) is 5.82 Å². The third kappa shape index (κ3) is 2.78. The highest BCUT2D eigenvalue weighted by atomic mass is 19.1. The van der Waals surface area contributed by atoms with E-state index in [0.717, 1.165) is 53.7 Å². The molecule has 0 unspecified atom stereocenters. The first kappa shape index (κ1) is 19.0. The average molecular weight is 405 g/mol. The minimum Gasteiger partial charge on any atom is -0.443 e. The van der Waals surface area contributed by atoms with Crippen molar-refractivity contribution in [1.82, 2.24) is 14.5 Å². The van der Waals surface area contributed by atoms with Gasteiger partial charge in [-0.15, -0.1) is 0 Å². The summed E-state index contributed by atoms with van der Waals surface area (Å²) in [6.07, 6.45) is 3.98. The molecule has 0 atom stereocenters. The zero-order valence-corrected chi connectivity index (χ0v) is 17.2. The Balaban J connectivity index is 1.79. The molecule has 2 aromatic carbocycles. The van der Waals surface area contributed by atoms with Crippen LogP contribution in [0.25, 0.3) is 33.1 Å². The number of rotatable bonds is 6. The summed E-state index contributed by atoms with van der Waals surface area (Å²) in [5.74, 6) is 0.230. The number of nitrogens with zero attached hydrogens (tertiary/aromatic N) is 3. The Kier molecular flexibility index (Phi) is 4.66. The number of halogens is 1. The van der Waals surface area contributed by atoms with Crippen molar-refractivity contribution in [2.24, 2.45) is 0 Å². The molecule has 5 nitrogen and oxygen atoms in total. The average Bonchev–Trinajstić information content (AvgIpc) is 3.48. The summed E-state index contributed by atoms with van der Waals surface area (Å²) in [5, 5.41) is 1.44. The first-order valence-electron chi connectivity index (χ1n) is 10.5. The lowest BCUT2D eigenvalue weighted by molar-refractivity contribution is 0.0994. The number of ketones is 1. The van der Waals surface area contributed by atoms with Crippen molar-refractivity contribution in [1.29, 1.82) is 0 Å². The van der Waals surface area contributed by atoms with E-state index in [4.69, 9.17) is 4.42 Å². The van der Waals surface area contributed by atoms with Gasteiger partial charge in [0.25, 0.3) is 0 Å². The van der Waals surface area contributed by atoms with E-state index in [9.17, 15) is 4.79 Å². The maximum absolute atomic E-state index is 15.9. The molecule has 1 aliphatic carbocycles. The number of oxazole rings is 1. The van der Waals surface area contributed by atoms with E-state index in [1.165, 1.54) is 12.6 Å². The summed E-state index contributed by atoms with van der Waals surface area (Å²) in [4.78, 5) is 18.6. The fourth-order valence-corrected chi connectivity index (χ4v) is 4.75. The molecule has 0 N–H and O–H groups in total. The topological polar surface area (TPSA) is 51.3 Å². The first-order valence-corrected chi connectivity index (χ1v) is 10.5. The van der Waals surface area contributed by atoms with Gasteiger partial charge in [-0.1, -0.05) is 13.8 Å². The molecule has 0 spiro atoms. The second-order valence-electron chi connectivity index (χ2n) is 7.77. The van der Waals surface area contributed by atoms with Gasteiger partial charge in [0, 0.05) is 41.4 Å². The van der Waals surface area contributed by atoms with E-state index in [1.807, 2.05) is 18.2 Å². The molecular weight excluding hydrogens is 381 g/mol. The van der Waals surface area contributed by atoms with Crippen LogP contribution in [0.4, 0.5) is 4.39 Å². The smallest absolute Gasteiger partial charge is 0.181 e. The highest BCUT2D eigenvalue weighted by Gasteiger charge is 2.27. The molecular formula is C24H24FN3O2. The van der Waals surface area contributed by atoms with Gasteiger partial charge in [0.05, 0.1) is 17.3 Å². The summed E-state index contributed by atoms with van der Waals surface area (Å²) in [7, 11) is 0. The molecule has 0 radical (unpaired) electrons. The molecule has 1 aliphatic rings. The second-order valence-corrected chi connectivity index (χ2v) is 7.77. The lowest BCUT2D eigenvalue weighted by atomic mass is 10.0. The second kappa shape index (κ2) is 7.36. The lowest BCUT2D eigenvalue weighted by Gasteiger charge is -2.19. The third-order valence-corrected chi connectivity index (χ3v) is 6.38. The minimum absolute atomic E-state index is 0.141. The van der Waals surface area contributed by atoms with Gasteiger partial charge < -0.3 is 13.9 Å². The van der Waals surface area contributed by atoms with Crippen molar-refractivity contribution in [3.8, 4) is 11.3 Å². The molecule has 0 bridgehead atoms. The molecule has 2 heterocycles. The molecule has 154 valence electrons. The fourth-order valence-electron chi connectivity index (χ4n) is 4.75. The molecule has 0 saturated carbocycles. The molecule has 4 aromatic rings. The predicted octanol–water partition coefficient (Wildman–Crippen LogP) is 5.06. The first-order chi connectivity index (χ1) is 14.6. The van der Waals surface area contributed by atoms with Crippen LogP contribution in [-0.2, 0) is 13.0 Å². The zero-order chi connectivity index (χ0) is 20.8. The van der Waals surface area contributed by atoms with Gasteiger partial charge in [-0.25, -0.2) is 9.37 Å². The highest BCUT2D eigenvalue weighted by Crippen LogP contribution is 2.40. The van der Waals surface area contributed by atoms with Crippen molar-refractivity contribution in [2.75, 3.05) is 19.6 Å². The monoisotopic (exact) mass is 405 g/mol. The molecule has 0 fully saturated rings. The van der Waals surface area contributed by atoms with Gasteiger partial charge in [0.2, 0.25) is 0 Å². The zero-order valence-electron chi connectivity index (χ0n) is 17.2. The minimum atomic E-state index is -0.316. The van der Waals surface area contributed by atoms with Crippen LogP contribution in [0.15, 0.2) is 41.3 Å². The van der Waals surface area contributed by atoms with Crippen LogP contribution in [0, 0.1) is 5.82 Å². The molecule has 0 amide bonds. The summed E-state index contributed by atoms with van der Waals surface area (Å²) in [6.45, 7) is 7.89. The van der Waals surface area contributed by atoms with Crippen LogP contribution in [-0.4, -0.2) is 39.9 Å². The number of carbonyl (C=O) groups excluding carboxylic acids is 1. The summed E-state index contributed by atoms with van der Waals surface area (Å²) < 4.78 is 23.4. The number of aromatic nitrogens is 2. The van der Waals surface area contributed by atoms with E-state index in [-0.39, 0.29) is 11.6 Å². The Bertz CT molecular complexity index is 1250. The Labute approximate surface area is 174 Å². The van der Waals surface area contributed by atoms with Crippen molar-refractivity contribution in [2.45, 2.75) is 33.2 Å². The molecule has 0 aliphatic heterocycles. The molecule has 30 heavy (non-hydrogen) atoms. The van der Waals surface area contributed by atoms with E-state index in [1.54, 1.807) is 6.07 Å². The predicted molar refractivity (Wildman–Crippen MR) is 115 cm³/mol. The SMILES string of the molecule is CCN(CC)CCn1c2ccc(-c3cnco3)c(F)c2c2c3c(ccc21)C(=O)CC3. The molecule has 5 rings (SSSR count). The van der Waals surface area contributed by atoms with Crippen LogP contribution in [0.2, 0.25) is 0 Å².